The highest BCUT2D eigenvalue weighted by Crippen LogP contribution is 2.32. The van der Waals surface area contributed by atoms with Gasteiger partial charge in [-0.3, -0.25) is 9.69 Å². The second-order valence-corrected chi connectivity index (χ2v) is 8.09. The molecule has 0 spiro atoms. The van der Waals surface area contributed by atoms with E-state index in [1.165, 1.54) is 11.1 Å². The SMILES string of the molecule is Cc1ccc(OC[C@@H](O)CN2C(=O)N[C@](C)(c3ccc4c(c3)CCC4)C2=O)cc1. The summed E-state index contributed by atoms with van der Waals surface area (Å²) in [5.74, 6) is 0.282. The van der Waals surface area contributed by atoms with Gasteiger partial charge in [-0.05, 0) is 61.9 Å². The Morgan fingerprint density at radius 2 is 1.86 bits per heavy atom. The first-order valence-electron chi connectivity index (χ1n) is 10.0. The summed E-state index contributed by atoms with van der Waals surface area (Å²) in [4.78, 5) is 26.7. The molecule has 2 aliphatic rings. The van der Waals surface area contributed by atoms with Crippen LogP contribution in [0.15, 0.2) is 42.5 Å². The highest BCUT2D eigenvalue weighted by Gasteiger charge is 2.49. The number of ether oxygens (including phenoxy) is 1. The molecule has 1 heterocycles. The molecule has 29 heavy (non-hydrogen) atoms. The van der Waals surface area contributed by atoms with E-state index in [9.17, 15) is 14.7 Å². The Bertz CT molecular complexity index is 940. The van der Waals surface area contributed by atoms with E-state index in [0.717, 1.165) is 35.3 Å². The quantitative estimate of drug-likeness (QED) is 0.739. The van der Waals surface area contributed by atoms with Crippen LogP contribution in [0.1, 0.15) is 35.6 Å². The largest absolute Gasteiger partial charge is 0.491 e. The van der Waals surface area contributed by atoms with E-state index in [1.807, 2.05) is 43.3 Å². The van der Waals surface area contributed by atoms with E-state index < -0.39 is 17.7 Å². The number of aliphatic hydroxyl groups is 1. The summed E-state index contributed by atoms with van der Waals surface area (Å²) in [6.07, 6.45) is 2.20. The number of aliphatic hydroxyl groups excluding tert-OH is 1. The predicted molar refractivity (Wildman–Crippen MR) is 109 cm³/mol. The normalized spacial score (nSPS) is 21.8. The summed E-state index contributed by atoms with van der Waals surface area (Å²) >= 11 is 0. The number of nitrogens with zero attached hydrogens (tertiary/aromatic N) is 1. The summed E-state index contributed by atoms with van der Waals surface area (Å²) in [6, 6.07) is 13.0. The van der Waals surface area contributed by atoms with Gasteiger partial charge in [0.25, 0.3) is 5.91 Å². The van der Waals surface area contributed by atoms with E-state index >= 15 is 0 Å². The molecule has 2 aromatic rings. The van der Waals surface area contributed by atoms with Crippen molar-refractivity contribution in [3.05, 3.63) is 64.7 Å². The first-order valence-corrected chi connectivity index (χ1v) is 10.0. The van der Waals surface area contributed by atoms with Crippen LogP contribution in [0.4, 0.5) is 4.79 Å². The lowest BCUT2D eigenvalue weighted by molar-refractivity contribution is -0.132. The number of rotatable bonds is 6. The van der Waals surface area contributed by atoms with E-state index in [0.29, 0.717) is 5.75 Å². The van der Waals surface area contributed by atoms with E-state index in [-0.39, 0.29) is 19.1 Å². The van der Waals surface area contributed by atoms with Crippen molar-refractivity contribution in [2.75, 3.05) is 13.2 Å². The number of hydrogen-bond acceptors (Lipinski definition) is 4. The molecule has 1 saturated heterocycles. The van der Waals surface area contributed by atoms with Crippen molar-refractivity contribution in [1.82, 2.24) is 10.2 Å². The second-order valence-electron chi connectivity index (χ2n) is 8.09. The molecule has 0 radical (unpaired) electrons. The molecule has 1 aliphatic carbocycles. The molecule has 2 N–H and O–H groups in total. The molecule has 1 aliphatic heterocycles. The fourth-order valence-corrected chi connectivity index (χ4v) is 4.03. The van der Waals surface area contributed by atoms with E-state index in [4.69, 9.17) is 4.74 Å². The van der Waals surface area contributed by atoms with Crippen molar-refractivity contribution >= 4 is 11.9 Å². The van der Waals surface area contributed by atoms with Gasteiger partial charge < -0.3 is 15.2 Å². The van der Waals surface area contributed by atoms with Crippen LogP contribution in [0, 0.1) is 6.92 Å². The van der Waals surface area contributed by atoms with Gasteiger partial charge in [0, 0.05) is 0 Å². The molecule has 152 valence electrons. The van der Waals surface area contributed by atoms with Gasteiger partial charge in [0.2, 0.25) is 0 Å². The van der Waals surface area contributed by atoms with Crippen LogP contribution >= 0.6 is 0 Å². The molecule has 2 aromatic carbocycles. The van der Waals surface area contributed by atoms with Crippen molar-refractivity contribution in [3.63, 3.8) is 0 Å². The Labute approximate surface area is 170 Å². The summed E-state index contributed by atoms with van der Waals surface area (Å²) in [5, 5.41) is 13.1. The molecular formula is C23H26N2O4. The van der Waals surface area contributed by atoms with Crippen molar-refractivity contribution in [1.29, 1.82) is 0 Å². The summed E-state index contributed by atoms with van der Waals surface area (Å²) in [6.45, 7) is 3.58. The van der Waals surface area contributed by atoms with Crippen molar-refractivity contribution in [2.24, 2.45) is 0 Å². The zero-order valence-electron chi connectivity index (χ0n) is 16.8. The molecule has 6 nitrogen and oxygen atoms in total. The molecule has 0 unspecified atom stereocenters. The van der Waals surface area contributed by atoms with Crippen molar-refractivity contribution in [3.8, 4) is 5.75 Å². The average molecular weight is 394 g/mol. The number of hydrogen-bond donors (Lipinski definition) is 2. The van der Waals surface area contributed by atoms with E-state index in [2.05, 4.69) is 11.4 Å². The zero-order chi connectivity index (χ0) is 20.6. The van der Waals surface area contributed by atoms with Crippen LogP contribution in [0.3, 0.4) is 0 Å². The van der Waals surface area contributed by atoms with Gasteiger partial charge in [0.05, 0.1) is 6.54 Å². The number of β-amino-alcohol motifs (C(OH)–C–C–N with tert-alkyl or cyclic N) is 1. The maximum atomic E-state index is 13.1. The number of nitrogens with one attached hydrogen (secondary N) is 1. The number of urea groups is 1. The van der Waals surface area contributed by atoms with Gasteiger partial charge in [-0.15, -0.1) is 0 Å². The maximum Gasteiger partial charge on any atom is 0.325 e. The first-order chi connectivity index (χ1) is 13.9. The monoisotopic (exact) mass is 394 g/mol. The Balaban J connectivity index is 1.43. The third-order valence-electron chi connectivity index (χ3n) is 5.81. The third kappa shape index (κ3) is 3.72. The van der Waals surface area contributed by atoms with Crippen LogP contribution in [-0.2, 0) is 23.2 Å². The molecule has 6 heteroatoms. The fourth-order valence-electron chi connectivity index (χ4n) is 4.03. The van der Waals surface area contributed by atoms with E-state index in [1.54, 1.807) is 6.92 Å². The number of carbonyl (C=O) groups excluding carboxylic acids is 2. The number of aryl methyl sites for hydroxylation is 3. The second kappa shape index (κ2) is 7.52. The zero-order valence-corrected chi connectivity index (χ0v) is 16.8. The van der Waals surface area contributed by atoms with Gasteiger partial charge in [0.15, 0.2) is 0 Å². The smallest absolute Gasteiger partial charge is 0.325 e. The maximum absolute atomic E-state index is 13.1. The molecule has 0 saturated carbocycles. The number of imide groups is 1. The highest BCUT2D eigenvalue weighted by atomic mass is 16.5. The minimum Gasteiger partial charge on any atom is -0.491 e. The van der Waals surface area contributed by atoms with Gasteiger partial charge in [0.1, 0.15) is 24.0 Å². The average Bonchev–Trinajstić information content (AvgIpc) is 3.26. The molecule has 4 rings (SSSR count). The van der Waals surface area contributed by atoms with Crippen molar-refractivity contribution < 1.29 is 19.4 Å². The molecular weight excluding hydrogens is 368 g/mol. The summed E-state index contributed by atoms with van der Waals surface area (Å²) in [5.41, 5.74) is 3.34. The molecule has 3 amide bonds. The Kier molecular flexibility index (Phi) is 5.04. The topological polar surface area (TPSA) is 78.9 Å². The number of fused-ring (bicyclic) bond motifs is 1. The fraction of sp³-hybridized carbons (Fsp3) is 0.391. The van der Waals surface area contributed by atoms with Crippen LogP contribution in [0.5, 0.6) is 5.75 Å². The van der Waals surface area contributed by atoms with Gasteiger partial charge in [-0.25, -0.2) is 4.79 Å². The minimum atomic E-state index is -1.12. The Hall–Kier alpha value is -2.86. The third-order valence-corrected chi connectivity index (χ3v) is 5.81. The predicted octanol–water partition coefficient (Wildman–Crippen LogP) is 2.69. The number of carbonyl (C=O) groups is 2. The van der Waals surface area contributed by atoms with Gasteiger partial charge in [-0.1, -0.05) is 35.9 Å². The lowest BCUT2D eigenvalue weighted by atomic mass is 9.89. The first kappa shape index (κ1) is 19.5. The van der Waals surface area contributed by atoms with Crippen molar-refractivity contribution in [2.45, 2.75) is 44.8 Å². The lowest BCUT2D eigenvalue weighted by Crippen LogP contribution is -2.42. The Morgan fingerprint density at radius 3 is 2.62 bits per heavy atom. The van der Waals surface area contributed by atoms with Crippen LogP contribution < -0.4 is 10.1 Å². The van der Waals surface area contributed by atoms with Crippen LogP contribution in [0.2, 0.25) is 0 Å². The van der Waals surface area contributed by atoms with Gasteiger partial charge in [-0.2, -0.15) is 0 Å². The number of benzene rings is 2. The highest BCUT2D eigenvalue weighted by molar-refractivity contribution is 6.07. The van der Waals surface area contributed by atoms with Gasteiger partial charge >= 0.3 is 6.03 Å². The molecule has 1 fully saturated rings. The summed E-state index contributed by atoms with van der Waals surface area (Å²) in [7, 11) is 0. The van der Waals surface area contributed by atoms with Crippen LogP contribution in [-0.4, -0.2) is 41.2 Å². The lowest BCUT2D eigenvalue weighted by Gasteiger charge is -2.24. The Morgan fingerprint density at radius 1 is 1.14 bits per heavy atom. The molecule has 2 atom stereocenters. The number of amides is 3. The molecule has 0 aromatic heterocycles. The minimum absolute atomic E-state index is 0.00429. The summed E-state index contributed by atoms with van der Waals surface area (Å²) < 4.78 is 5.57. The van der Waals surface area contributed by atoms with Crippen LogP contribution in [0.25, 0.3) is 0 Å². The molecule has 0 bridgehead atoms. The standard InChI is InChI=1S/C23H26N2O4/c1-15-6-10-20(11-7-15)29-14-19(26)13-25-21(27)23(2,24-22(25)28)18-9-8-16-4-3-5-17(16)12-18/h6-12,19,26H,3-5,13-14H2,1-2H3,(H,24,28)/t19-,23+/m0/s1.